The van der Waals surface area contributed by atoms with Gasteiger partial charge in [0.15, 0.2) is 5.13 Å². The van der Waals surface area contributed by atoms with E-state index in [2.05, 4.69) is 33.2 Å². The Morgan fingerprint density at radius 3 is 2.75 bits per heavy atom. The van der Waals surface area contributed by atoms with Crippen molar-refractivity contribution in [1.82, 2.24) is 19.8 Å². The Hall–Kier alpha value is -2.32. The average Bonchev–Trinajstić information content (AvgIpc) is 3.03. The van der Waals surface area contributed by atoms with Crippen molar-refractivity contribution in [2.45, 2.75) is 52.7 Å². The van der Waals surface area contributed by atoms with Crippen molar-refractivity contribution in [2.75, 3.05) is 18.4 Å². The molecule has 0 saturated carbocycles. The zero-order valence-corrected chi connectivity index (χ0v) is 17.6. The van der Waals surface area contributed by atoms with E-state index in [1.165, 1.54) is 23.8 Å². The lowest BCUT2D eigenvalue weighted by Crippen LogP contribution is -2.58. The van der Waals surface area contributed by atoms with Gasteiger partial charge in [0.1, 0.15) is 0 Å². The Labute approximate surface area is 169 Å². The first-order chi connectivity index (χ1) is 13.3. The van der Waals surface area contributed by atoms with Crippen molar-refractivity contribution in [2.24, 2.45) is 0 Å². The van der Waals surface area contributed by atoms with Crippen LogP contribution in [0.25, 0.3) is 0 Å². The number of pyridine rings is 1. The molecule has 2 aromatic rings. The molecule has 150 valence electrons. The highest BCUT2D eigenvalue weighted by Crippen LogP contribution is 2.25. The van der Waals surface area contributed by atoms with Crippen LogP contribution in [0, 0.1) is 6.92 Å². The van der Waals surface area contributed by atoms with Crippen LogP contribution in [0.1, 0.15) is 36.9 Å². The van der Waals surface area contributed by atoms with Crippen LogP contribution in [0.4, 0.5) is 5.13 Å². The lowest BCUT2D eigenvalue weighted by molar-refractivity contribution is -0.135. The number of aromatic nitrogens is 2. The Kier molecular flexibility index (Phi) is 6.41. The van der Waals surface area contributed by atoms with Gasteiger partial charge in [-0.3, -0.25) is 19.5 Å². The Morgan fingerprint density at radius 2 is 2.07 bits per heavy atom. The maximum Gasteiger partial charge on any atom is 0.223 e. The van der Waals surface area contributed by atoms with E-state index in [0.29, 0.717) is 11.7 Å². The smallest absolute Gasteiger partial charge is 0.223 e. The number of nitrogens with one attached hydrogen (secondary N) is 1. The highest BCUT2D eigenvalue weighted by atomic mass is 32.1. The number of carbonyl (C=O) groups excluding carboxylic acids is 2. The molecule has 7 nitrogen and oxygen atoms in total. The zero-order chi connectivity index (χ0) is 20.3. The van der Waals surface area contributed by atoms with Crippen LogP contribution in [-0.4, -0.2) is 56.8 Å². The molecule has 0 unspecified atom stereocenters. The molecule has 3 rings (SSSR count). The monoisotopic (exact) mass is 401 g/mol. The molecule has 3 heterocycles. The van der Waals surface area contributed by atoms with Gasteiger partial charge in [-0.2, -0.15) is 0 Å². The van der Waals surface area contributed by atoms with Crippen LogP contribution >= 0.6 is 11.3 Å². The van der Waals surface area contributed by atoms with Gasteiger partial charge >= 0.3 is 0 Å². The number of piperazine rings is 1. The minimum atomic E-state index is -0.114. The topological polar surface area (TPSA) is 78.4 Å². The summed E-state index contributed by atoms with van der Waals surface area (Å²) in [4.78, 5) is 37.5. The minimum Gasteiger partial charge on any atom is -0.337 e. The van der Waals surface area contributed by atoms with Crippen molar-refractivity contribution < 1.29 is 9.59 Å². The molecule has 0 spiro atoms. The van der Waals surface area contributed by atoms with E-state index in [1.54, 1.807) is 6.92 Å². The molecule has 1 aliphatic heterocycles. The molecule has 2 amide bonds. The van der Waals surface area contributed by atoms with E-state index < -0.39 is 0 Å². The first kappa shape index (κ1) is 20.4. The zero-order valence-electron chi connectivity index (χ0n) is 16.8. The van der Waals surface area contributed by atoms with Crippen molar-refractivity contribution >= 4 is 28.3 Å². The van der Waals surface area contributed by atoms with Crippen LogP contribution in [0.15, 0.2) is 24.5 Å². The van der Waals surface area contributed by atoms with Crippen LogP contribution in [0.2, 0.25) is 0 Å². The number of hydrogen-bond acceptors (Lipinski definition) is 6. The first-order valence-electron chi connectivity index (χ1n) is 9.47. The van der Waals surface area contributed by atoms with Crippen molar-refractivity contribution in [3.63, 3.8) is 0 Å². The van der Waals surface area contributed by atoms with E-state index in [4.69, 9.17) is 0 Å². The second-order valence-corrected chi connectivity index (χ2v) is 8.54. The molecular formula is C20H27N5O2S. The fraction of sp³-hybridized carbons (Fsp3) is 0.500. The van der Waals surface area contributed by atoms with Crippen LogP contribution in [0.3, 0.4) is 0 Å². The summed E-state index contributed by atoms with van der Waals surface area (Å²) in [7, 11) is 0. The summed E-state index contributed by atoms with van der Waals surface area (Å²) in [5, 5.41) is 3.36. The fourth-order valence-electron chi connectivity index (χ4n) is 3.67. The number of aryl methyl sites for hydroxylation is 1. The third kappa shape index (κ3) is 5.14. The van der Waals surface area contributed by atoms with Crippen molar-refractivity contribution in [1.29, 1.82) is 0 Å². The molecule has 0 aromatic carbocycles. The number of amides is 2. The summed E-state index contributed by atoms with van der Waals surface area (Å²) in [6.07, 6.45) is 4.46. The van der Waals surface area contributed by atoms with Gasteiger partial charge in [0, 0.05) is 68.5 Å². The van der Waals surface area contributed by atoms with Gasteiger partial charge in [0.05, 0.1) is 0 Å². The Balaban J connectivity index is 1.72. The van der Waals surface area contributed by atoms with E-state index >= 15 is 0 Å². The number of rotatable bonds is 5. The number of carbonyl (C=O) groups is 2. The maximum atomic E-state index is 12.2. The number of thiazole rings is 1. The number of anilines is 1. The van der Waals surface area contributed by atoms with Gasteiger partial charge < -0.3 is 10.2 Å². The lowest BCUT2D eigenvalue weighted by Gasteiger charge is -2.45. The lowest BCUT2D eigenvalue weighted by atomic mass is 9.99. The van der Waals surface area contributed by atoms with Gasteiger partial charge in [0.25, 0.3) is 0 Å². The van der Waals surface area contributed by atoms with Gasteiger partial charge in [-0.05, 0) is 38.0 Å². The normalized spacial score (nSPS) is 20.2. The molecule has 1 fully saturated rings. The molecule has 1 N–H and O–H groups in total. The summed E-state index contributed by atoms with van der Waals surface area (Å²) in [5.41, 5.74) is 2.19. The van der Waals surface area contributed by atoms with Crippen LogP contribution in [0.5, 0.6) is 0 Å². The predicted octanol–water partition coefficient (Wildman–Crippen LogP) is 2.47. The number of nitrogens with zero attached hydrogens (tertiary/aromatic N) is 4. The molecule has 1 aliphatic rings. The molecule has 0 radical (unpaired) electrons. The van der Waals surface area contributed by atoms with E-state index in [-0.39, 0.29) is 23.9 Å². The standard InChI is InChI=1S/C20H27N5O2S/c1-13-7-17(5-6-21-13)8-18-11-24(14(2)10-25(18)16(4)27)12-19-9-22-20(28-19)23-15(3)26/h5-7,9,14,18H,8,10-12H2,1-4H3,(H,22,23,26)/t14-,18+/m0/s1. The molecule has 0 aliphatic carbocycles. The molecule has 2 aromatic heterocycles. The summed E-state index contributed by atoms with van der Waals surface area (Å²) in [6.45, 7) is 9.54. The van der Waals surface area contributed by atoms with E-state index in [1.807, 2.05) is 30.3 Å². The van der Waals surface area contributed by atoms with Gasteiger partial charge in [-0.15, -0.1) is 11.3 Å². The van der Waals surface area contributed by atoms with Gasteiger partial charge in [-0.25, -0.2) is 4.98 Å². The SMILES string of the molecule is CC(=O)Nc1ncc(CN2C[C@@H](Cc3ccnc(C)c3)N(C(C)=O)C[C@@H]2C)s1. The molecule has 28 heavy (non-hydrogen) atoms. The summed E-state index contributed by atoms with van der Waals surface area (Å²) in [6, 6.07) is 4.49. The minimum absolute atomic E-state index is 0.114. The third-order valence-corrected chi connectivity index (χ3v) is 5.90. The number of hydrogen-bond donors (Lipinski definition) is 1. The van der Waals surface area contributed by atoms with Crippen LogP contribution in [-0.2, 0) is 22.6 Å². The quantitative estimate of drug-likeness (QED) is 0.833. The largest absolute Gasteiger partial charge is 0.337 e. The fourth-order valence-corrected chi connectivity index (χ4v) is 4.56. The van der Waals surface area contributed by atoms with Crippen molar-refractivity contribution in [3.8, 4) is 0 Å². The van der Waals surface area contributed by atoms with Gasteiger partial charge in [0.2, 0.25) is 11.8 Å². The van der Waals surface area contributed by atoms with E-state index in [0.717, 1.165) is 30.1 Å². The maximum absolute atomic E-state index is 12.2. The second kappa shape index (κ2) is 8.79. The first-order valence-corrected chi connectivity index (χ1v) is 10.3. The highest BCUT2D eigenvalue weighted by molar-refractivity contribution is 7.15. The van der Waals surface area contributed by atoms with Crippen LogP contribution < -0.4 is 5.32 Å². The predicted molar refractivity (Wildman–Crippen MR) is 110 cm³/mol. The summed E-state index contributed by atoms with van der Waals surface area (Å²) >= 11 is 1.50. The molecular weight excluding hydrogens is 374 g/mol. The molecule has 8 heteroatoms. The van der Waals surface area contributed by atoms with Crippen molar-refractivity contribution in [3.05, 3.63) is 40.7 Å². The highest BCUT2D eigenvalue weighted by Gasteiger charge is 2.33. The average molecular weight is 402 g/mol. The third-order valence-electron chi connectivity index (χ3n) is 5.00. The molecule has 2 atom stereocenters. The summed E-state index contributed by atoms with van der Waals surface area (Å²) in [5.74, 6) is 0.00469. The molecule has 0 bridgehead atoms. The van der Waals surface area contributed by atoms with E-state index in [9.17, 15) is 9.59 Å². The molecule has 1 saturated heterocycles. The Morgan fingerprint density at radius 1 is 1.29 bits per heavy atom. The Bertz CT molecular complexity index is 853. The summed E-state index contributed by atoms with van der Waals surface area (Å²) < 4.78 is 0. The van der Waals surface area contributed by atoms with Gasteiger partial charge in [-0.1, -0.05) is 0 Å². The second-order valence-electron chi connectivity index (χ2n) is 7.43.